The van der Waals surface area contributed by atoms with Gasteiger partial charge in [0.1, 0.15) is 5.70 Å². The minimum atomic E-state index is -0.244. The number of amides is 1. The fourth-order valence-corrected chi connectivity index (χ4v) is 3.94. The molecule has 1 aliphatic rings. The number of para-hydroxylation sites is 1. The van der Waals surface area contributed by atoms with Crippen LogP contribution in [0.15, 0.2) is 71.6 Å². The molecule has 0 saturated heterocycles. The van der Waals surface area contributed by atoms with Gasteiger partial charge in [0.05, 0.1) is 17.1 Å². The molecule has 1 amide bonds. The van der Waals surface area contributed by atoms with Crippen LogP contribution in [0.2, 0.25) is 0 Å². The Morgan fingerprint density at radius 1 is 1.13 bits per heavy atom. The fourth-order valence-electron chi connectivity index (χ4n) is 3.09. The number of aromatic nitrogens is 3. The van der Waals surface area contributed by atoms with E-state index in [0.717, 1.165) is 17.0 Å². The number of aliphatic imine (C=N–C) groups is 1. The number of aryl methyl sites for hydroxylation is 2. The van der Waals surface area contributed by atoms with Crippen molar-refractivity contribution in [2.45, 2.75) is 13.8 Å². The Hall–Kier alpha value is -3.52. The highest BCUT2D eigenvalue weighted by Crippen LogP contribution is 2.29. The maximum atomic E-state index is 13.1. The SMILES string of the molecule is Cc1cc(C)n(C(=O)CSC2=N/C(=C/c3cccnc3)C(=O)N2c2ccccc2)n1. The van der Waals surface area contributed by atoms with Crippen LogP contribution in [0.25, 0.3) is 6.08 Å². The molecule has 0 unspecified atom stereocenters. The maximum absolute atomic E-state index is 13.1. The number of anilines is 1. The standard InChI is InChI=1S/C22H19N5O2S/c1-15-11-16(2)27(25-15)20(28)14-30-22-24-19(12-17-7-6-10-23-13-17)21(29)26(22)18-8-4-3-5-9-18/h3-13H,14H2,1-2H3/b19-12+. The quantitative estimate of drug-likeness (QED) is 0.605. The van der Waals surface area contributed by atoms with Crippen molar-refractivity contribution in [3.8, 4) is 0 Å². The zero-order valence-electron chi connectivity index (χ0n) is 16.5. The molecule has 0 saturated carbocycles. The van der Waals surface area contributed by atoms with E-state index in [1.165, 1.54) is 21.3 Å². The zero-order valence-corrected chi connectivity index (χ0v) is 17.3. The minimum Gasteiger partial charge on any atom is -0.272 e. The van der Waals surface area contributed by atoms with E-state index in [2.05, 4.69) is 15.1 Å². The van der Waals surface area contributed by atoms with Crippen LogP contribution < -0.4 is 4.90 Å². The van der Waals surface area contributed by atoms with Gasteiger partial charge in [0.15, 0.2) is 5.17 Å². The number of pyridine rings is 1. The molecule has 0 spiro atoms. The first kappa shape index (κ1) is 19.8. The molecular formula is C22H19N5O2S. The highest BCUT2D eigenvalue weighted by molar-refractivity contribution is 8.14. The number of thioether (sulfide) groups is 1. The third kappa shape index (κ3) is 4.08. The van der Waals surface area contributed by atoms with Crippen LogP contribution in [0.3, 0.4) is 0 Å². The smallest absolute Gasteiger partial charge is 0.272 e. The van der Waals surface area contributed by atoms with Gasteiger partial charge >= 0.3 is 0 Å². The predicted octanol–water partition coefficient (Wildman–Crippen LogP) is 3.71. The molecule has 2 aromatic heterocycles. The van der Waals surface area contributed by atoms with E-state index in [0.29, 0.717) is 16.6 Å². The molecule has 4 rings (SSSR count). The van der Waals surface area contributed by atoms with Crippen LogP contribution in [-0.2, 0) is 4.79 Å². The van der Waals surface area contributed by atoms with Crippen molar-refractivity contribution in [1.29, 1.82) is 0 Å². The maximum Gasteiger partial charge on any atom is 0.283 e. The number of amidine groups is 1. The lowest BCUT2D eigenvalue weighted by Gasteiger charge is -2.17. The first-order chi connectivity index (χ1) is 14.5. The van der Waals surface area contributed by atoms with Crippen LogP contribution in [0.4, 0.5) is 5.69 Å². The molecule has 3 heterocycles. The van der Waals surface area contributed by atoms with E-state index in [9.17, 15) is 9.59 Å². The van der Waals surface area contributed by atoms with Gasteiger partial charge in [-0.25, -0.2) is 9.67 Å². The third-order valence-corrected chi connectivity index (χ3v) is 5.33. The molecule has 0 radical (unpaired) electrons. The lowest BCUT2D eigenvalue weighted by atomic mass is 10.2. The lowest BCUT2D eigenvalue weighted by molar-refractivity contribution is -0.113. The van der Waals surface area contributed by atoms with Crippen molar-refractivity contribution in [3.63, 3.8) is 0 Å². The summed E-state index contributed by atoms with van der Waals surface area (Å²) in [6, 6.07) is 14.8. The van der Waals surface area contributed by atoms with Gasteiger partial charge in [0.25, 0.3) is 11.8 Å². The molecular weight excluding hydrogens is 398 g/mol. The number of nitrogens with zero attached hydrogens (tertiary/aromatic N) is 5. The normalized spacial score (nSPS) is 15.0. The Labute approximate surface area is 178 Å². The lowest BCUT2D eigenvalue weighted by Crippen LogP contribution is -2.31. The second kappa shape index (κ2) is 8.46. The molecule has 8 heteroatoms. The summed E-state index contributed by atoms with van der Waals surface area (Å²) in [6.45, 7) is 3.68. The van der Waals surface area contributed by atoms with Gasteiger partial charge in [-0.1, -0.05) is 36.0 Å². The Morgan fingerprint density at radius 3 is 2.60 bits per heavy atom. The van der Waals surface area contributed by atoms with Crippen molar-refractivity contribution < 1.29 is 9.59 Å². The van der Waals surface area contributed by atoms with Crippen molar-refractivity contribution in [1.82, 2.24) is 14.8 Å². The number of hydrogen-bond acceptors (Lipinski definition) is 6. The molecule has 0 fully saturated rings. The van der Waals surface area contributed by atoms with E-state index in [1.807, 2.05) is 56.3 Å². The molecule has 0 bridgehead atoms. The first-order valence-corrected chi connectivity index (χ1v) is 10.3. The molecule has 0 N–H and O–H groups in total. The van der Waals surface area contributed by atoms with Crippen molar-refractivity contribution in [2.75, 3.05) is 10.7 Å². The van der Waals surface area contributed by atoms with Crippen LogP contribution in [0.5, 0.6) is 0 Å². The topological polar surface area (TPSA) is 80.4 Å². The van der Waals surface area contributed by atoms with E-state index >= 15 is 0 Å². The number of hydrogen-bond donors (Lipinski definition) is 0. The second-order valence-corrected chi connectivity index (χ2v) is 7.65. The van der Waals surface area contributed by atoms with Gasteiger partial charge in [-0.3, -0.25) is 19.5 Å². The summed E-state index contributed by atoms with van der Waals surface area (Å²) >= 11 is 1.21. The average molecular weight is 417 g/mol. The Morgan fingerprint density at radius 2 is 1.93 bits per heavy atom. The predicted molar refractivity (Wildman–Crippen MR) is 118 cm³/mol. The Kier molecular flexibility index (Phi) is 5.58. The number of benzene rings is 1. The largest absolute Gasteiger partial charge is 0.283 e. The molecule has 7 nitrogen and oxygen atoms in total. The molecule has 30 heavy (non-hydrogen) atoms. The van der Waals surface area contributed by atoms with Gasteiger partial charge in [-0.2, -0.15) is 5.10 Å². The van der Waals surface area contributed by atoms with Crippen LogP contribution in [-0.4, -0.2) is 37.5 Å². The van der Waals surface area contributed by atoms with Crippen molar-refractivity contribution in [2.24, 2.45) is 4.99 Å². The minimum absolute atomic E-state index is 0.109. The van der Waals surface area contributed by atoms with Crippen LogP contribution >= 0.6 is 11.8 Å². The molecule has 150 valence electrons. The summed E-state index contributed by atoms with van der Waals surface area (Å²) in [5, 5.41) is 4.69. The summed E-state index contributed by atoms with van der Waals surface area (Å²) < 4.78 is 1.39. The van der Waals surface area contributed by atoms with Crippen LogP contribution in [0.1, 0.15) is 21.7 Å². The molecule has 1 aromatic carbocycles. The highest BCUT2D eigenvalue weighted by Gasteiger charge is 2.32. The fraction of sp³-hybridized carbons (Fsp3) is 0.136. The van der Waals surface area contributed by atoms with Crippen LogP contribution in [0, 0.1) is 13.8 Å². The molecule has 3 aromatic rings. The van der Waals surface area contributed by atoms with Gasteiger partial charge in [-0.05, 0) is 49.8 Å². The number of carbonyl (C=O) groups is 2. The number of carbonyl (C=O) groups excluding carboxylic acids is 2. The number of rotatable bonds is 4. The van der Waals surface area contributed by atoms with E-state index < -0.39 is 0 Å². The van der Waals surface area contributed by atoms with Crippen molar-refractivity contribution in [3.05, 3.63) is 83.6 Å². The van der Waals surface area contributed by atoms with Gasteiger partial charge in [0.2, 0.25) is 0 Å². The zero-order chi connectivity index (χ0) is 21.1. The van der Waals surface area contributed by atoms with E-state index in [-0.39, 0.29) is 17.6 Å². The van der Waals surface area contributed by atoms with E-state index in [1.54, 1.807) is 24.5 Å². The van der Waals surface area contributed by atoms with Gasteiger partial charge < -0.3 is 0 Å². The van der Waals surface area contributed by atoms with E-state index in [4.69, 9.17) is 0 Å². The summed E-state index contributed by atoms with van der Waals surface area (Å²) in [5.74, 6) is -0.304. The average Bonchev–Trinajstić information content (AvgIpc) is 3.25. The first-order valence-electron chi connectivity index (χ1n) is 9.32. The third-order valence-electron chi connectivity index (χ3n) is 4.40. The summed E-state index contributed by atoms with van der Waals surface area (Å²) in [4.78, 5) is 35.9. The highest BCUT2D eigenvalue weighted by atomic mass is 32.2. The molecule has 0 atom stereocenters. The van der Waals surface area contributed by atoms with Gasteiger partial charge in [-0.15, -0.1) is 0 Å². The second-order valence-electron chi connectivity index (χ2n) is 6.71. The molecule has 0 aliphatic carbocycles. The molecule has 1 aliphatic heterocycles. The Balaban J connectivity index is 1.62. The monoisotopic (exact) mass is 417 g/mol. The summed E-state index contributed by atoms with van der Waals surface area (Å²) in [6.07, 6.45) is 5.03. The van der Waals surface area contributed by atoms with Crippen molar-refractivity contribution >= 4 is 40.5 Å². The summed E-state index contributed by atoms with van der Waals surface area (Å²) in [5.41, 5.74) is 3.34. The summed E-state index contributed by atoms with van der Waals surface area (Å²) in [7, 11) is 0. The Bertz CT molecular complexity index is 1150. The van der Waals surface area contributed by atoms with Gasteiger partial charge in [0, 0.05) is 18.1 Å².